The van der Waals surface area contributed by atoms with Crippen LogP contribution in [-0.2, 0) is 11.2 Å². The van der Waals surface area contributed by atoms with Gasteiger partial charge in [0.1, 0.15) is 0 Å². The second-order valence-electron chi connectivity index (χ2n) is 4.33. The lowest BCUT2D eigenvalue weighted by molar-refractivity contribution is -0.121. The highest BCUT2D eigenvalue weighted by Gasteiger charge is 2.10. The molecule has 0 aliphatic rings. The Balaban J connectivity index is 2.15. The summed E-state index contributed by atoms with van der Waals surface area (Å²) in [5.41, 5.74) is 1.96. The summed E-state index contributed by atoms with van der Waals surface area (Å²) in [6.45, 7) is 1.72. The Labute approximate surface area is 114 Å². The van der Waals surface area contributed by atoms with Gasteiger partial charge < -0.3 is 15.4 Å². The molecule has 0 saturated carbocycles. The quantitative estimate of drug-likeness (QED) is 0.808. The van der Waals surface area contributed by atoms with E-state index in [-0.39, 0.29) is 18.6 Å². The van der Waals surface area contributed by atoms with Crippen LogP contribution in [0.3, 0.4) is 0 Å². The lowest BCUT2D eigenvalue weighted by Crippen LogP contribution is -2.35. The maximum atomic E-state index is 11.7. The summed E-state index contributed by atoms with van der Waals surface area (Å²) in [5, 5.41) is 12.7. The molecular weight excluding hydrogens is 296 g/mol. The number of rotatable bonds is 4. The average Bonchev–Trinajstić information content (AvgIpc) is 2.71. The van der Waals surface area contributed by atoms with Crippen molar-refractivity contribution in [2.75, 3.05) is 6.61 Å². The number of hydrogen-bond donors (Lipinski definition) is 3. The number of carbonyl (C=O) groups excluding carboxylic acids is 1. The summed E-state index contributed by atoms with van der Waals surface area (Å²) in [4.78, 5) is 14.9. The zero-order chi connectivity index (χ0) is 13.1. The molecule has 18 heavy (non-hydrogen) atoms. The zero-order valence-corrected chi connectivity index (χ0v) is 11.6. The minimum Gasteiger partial charge on any atom is -0.394 e. The minimum absolute atomic E-state index is 0.0490. The van der Waals surface area contributed by atoms with Gasteiger partial charge in [0.25, 0.3) is 0 Å². The van der Waals surface area contributed by atoms with Crippen molar-refractivity contribution in [2.24, 2.45) is 0 Å². The van der Waals surface area contributed by atoms with Gasteiger partial charge in [0.15, 0.2) is 0 Å². The maximum Gasteiger partial charge on any atom is 0.224 e. The van der Waals surface area contributed by atoms with Crippen LogP contribution >= 0.6 is 15.9 Å². The van der Waals surface area contributed by atoms with Crippen LogP contribution in [0.4, 0.5) is 0 Å². The monoisotopic (exact) mass is 310 g/mol. The van der Waals surface area contributed by atoms with Crippen LogP contribution in [0.15, 0.2) is 28.9 Å². The number of aromatic amines is 1. The topological polar surface area (TPSA) is 65.1 Å². The van der Waals surface area contributed by atoms with Crippen LogP contribution in [0, 0.1) is 0 Å². The Morgan fingerprint density at radius 1 is 1.56 bits per heavy atom. The van der Waals surface area contributed by atoms with E-state index < -0.39 is 0 Å². The summed E-state index contributed by atoms with van der Waals surface area (Å²) in [6.07, 6.45) is 2.16. The lowest BCUT2D eigenvalue weighted by Gasteiger charge is -2.10. The first-order valence-corrected chi connectivity index (χ1v) is 6.55. The van der Waals surface area contributed by atoms with E-state index in [1.807, 2.05) is 24.4 Å². The highest BCUT2D eigenvalue weighted by atomic mass is 79.9. The molecule has 1 heterocycles. The summed E-state index contributed by atoms with van der Waals surface area (Å²) < 4.78 is 1.00. The molecule has 0 spiro atoms. The van der Waals surface area contributed by atoms with Crippen LogP contribution in [0.25, 0.3) is 10.9 Å². The van der Waals surface area contributed by atoms with Crippen molar-refractivity contribution in [3.63, 3.8) is 0 Å². The largest absolute Gasteiger partial charge is 0.394 e. The van der Waals surface area contributed by atoms with Gasteiger partial charge in [-0.05, 0) is 24.6 Å². The van der Waals surface area contributed by atoms with Gasteiger partial charge in [0, 0.05) is 27.6 Å². The third-order valence-electron chi connectivity index (χ3n) is 2.76. The number of nitrogens with one attached hydrogen (secondary N) is 2. The van der Waals surface area contributed by atoms with Gasteiger partial charge in [-0.15, -0.1) is 0 Å². The highest BCUT2D eigenvalue weighted by molar-refractivity contribution is 9.10. The molecule has 1 unspecified atom stereocenters. The van der Waals surface area contributed by atoms with Gasteiger partial charge in [-0.2, -0.15) is 0 Å². The molecule has 3 N–H and O–H groups in total. The first-order chi connectivity index (χ1) is 8.60. The second kappa shape index (κ2) is 5.54. The maximum absolute atomic E-state index is 11.7. The van der Waals surface area contributed by atoms with Crippen molar-refractivity contribution >= 4 is 32.7 Å². The Morgan fingerprint density at radius 3 is 3.06 bits per heavy atom. The summed E-state index contributed by atoms with van der Waals surface area (Å²) >= 11 is 3.41. The summed E-state index contributed by atoms with van der Waals surface area (Å²) in [6, 6.07) is 5.70. The molecule has 0 fully saturated rings. The first kappa shape index (κ1) is 13.1. The number of fused-ring (bicyclic) bond motifs is 1. The number of benzene rings is 1. The van der Waals surface area contributed by atoms with Crippen molar-refractivity contribution < 1.29 is 9.90 Å². The molecule has 4 nitrogen and oxygen atoms in total. The number of aromatic nitrogens is 1. The van der Waals surface area contributed by atoms with Crippen molar-refractivity contribution in [3.8, 4) is 0 Å². The molecule has 2 rings (SSSR count). The summed E-state index contributed by atoms with van der Waals surface area (Å²) in [7, 11) is 0. The highest BCUT2D eigenvalue weighted by Crippen LogP contribution is 2.22. The molecule has 0 saturated heterocycles. The van der Waals surface area contributed by atoms with Gasteiger partial charge in [-0.25, -0.2) is 0 Å². The number of H-pyrrole nitrogens is 1. The number of hydrogen-bond acceptors (Lipinski definition) is 2. The summed E-state index contributed by atoms with van der Waals surface area (Å²) in [5.74, 6) is -0.0830. The van der Waals surface area contributed by atoms with Crippen molar-refractivity contribution in [1.29, 1.82) is 0 Å². The molecule has 1 aromatic carbocycles. The molecule has 0 bridgehead atoms. The van der Waals surface area contributed by atoms with Gasteiger partial charge >= 0.3 is 0 Å². The third kappa shape index (κ3) is 2.91. The molecule has 2 aromatic rings. The van der Waals surface area contributed by atoms with Crippen LogP contribution < -0.4 is 5.32 Å². The molecule has 0 aliphatic heterocycles. The SMILES string of the molecule is CC(CO)NC(=O)Cc1c[nH]c2cc(Br)ccc12. The van der Waals surface area contributed by atoms with E-state index in [1.165, 1.54) is 0 Å². The number of aliphatic hydroxyl groups excluding tert-OH is 1. The number of amides is 1. The smallest absolute Gasteiger partial charge is 0.224 e. The molecule has 0 radical (unpaired) electrons. The fourth-order valence-corrected chi connectivity index (χ4v) is 2.21. The molecule has 1 atom stereocenters. The molecule has 96 valence electrons. The van der Waals surface area contributed by atoms with Crippen molar-refractivity contribution in [1.82, 2.24) is 10.3 Å². The fraction of sp³-hybridized carbons (Fsp3) is 0.308. The number of aliphatic hydroxyl groups is 1. The van der Waals surface area contributed by atoms with Gasteiger partial charge in [-0.3, -0.25) is 4.79 Å². The zero-order valence-electron chi connectivity index (χ0n) is 10.0. The van der Waals surface area contributed by atoms with Crippen LogP contribution in [0.5, 0.6) is 0 Å². The van der Waals surface area contributed by atoms with Crippen LogP contribution in [0.1, 0.15) is 12.5 Å². The standard InChI is InChI=1S/C13H15BrN2O2/c1-8(7-17)16-13(18)4-9-6-15-12-5-10(14)2-3-11(9)12/h2-3,5-6,8,15,17H,4,7H2,1H3,(H,16,18). The Kier molecular flexibility index (Phi) is 4.04. The second-order valence-corrected chi connectivity index (χ2v) is 5.25. The third-order valence-corrected chi connectivity index (χ3v) is 3.25. The van der Waals surface area contributed by atoms with E-state index in [2.05, 4.69) is 26.2 Å². The lowest BCUT2D eigenvalue weighted by atomic mass is 10.1. The minimum atomic E-state index is -0.211. The Bertz CT molecular complexity index is 565. The predicted octanol–water partition coefficient (Wildman–Crippen LogP) is 1.97. The first-order valence-electron chi connectivity index (χ1n) is 5.76. The van der Waals surface area contributed by atoms with E-state index >= 15 is 0 Å². The van der Waals surface area contributed by atoms with Crippen LogP contribution in [-0.4, -0.2) is 28.6 Å². The van der Waals surface area contributed by atoms with E-state index in [0.717, 1.165) is 20.9 Å². The number of carbonyl (C=O) groups is 1. The molecule has 5 heteroatoms. The predicted molar refractivity (Wildman–Crippen MR) is 74.4 cm³/mol. The normalized spacial score (nSPS) is 12.6. The van der Waals surface area contributed by atoms with Gasteiger partial charge in [0.2, 0.25) is 5.91 Å². The molecule has 0 aliphatic carbocycles. The van der Waals surface area contributed by atoms with Crippen molar-refractivity contribution in [3.05, 3.63) is 34.4 Å². The Hall–Kier alpha value is -1.33. The molecular formula is C13H15BrN2O2. The average molecular weight is 311 g/mol. The van der Waals surface area contributed by atoms with Gasteiger partial charge in [0.05, 0.1) is 13.0 Å². The van der Waals surface area contributed by atoms with Gasteiger partial charge in [-0.1, -0.05) is 22.0 Å². The van der Waals surface area contributed by atoms with E-state index in [9.17, 15) is 4.79 Å². The van der Waals surface area contributed by atoms with E-state index in [1.54, 1.807) is 6.92 Å². The molecule has 1 aromatic heterocycles. The van der Waals surface area contributed by atoms with Crippen LogP contribution in [0.2, 0.25) is 0 Å². The van der Waals surface area contributed by atoms with E-state index in [4.69, 9.17) is 5.11 Å². The fourth-order valence-electron chi connectivity index (χ4n) is 1.85. The number of halogens is 1. The Morgan fingerprint density at radius 2 is 2.33 bits per heavy atom. The van der Waals surface area contributed by atoms with E-state index in [0.29, 0.717) is 6.42 Å². The van der Waals surface area contributed by atoms with Crippen molar-refractivity contribution in [2.45, 2.75) is 19.4 Å². The molecule has 1 amide bonds.